The quantitative estimate of drug-likeness (QED) is 0.312. The number of halogens is 2. The van der Waals surface area contributed by atoms with Crippen LogP contribution in [-0.4, -0.2) is 37.5 Å². The van der Waals surface area contributed by atoms with Crippen LogP contribution in [0.15, 0.2) is 47.6 Å². The summed E-state index contributed by atoms with van der Waals surface area (Å²) in [5.41, 5.74) is 0.492. The largest absolute Gasteiger partial charge is 0.349 e. The molecule has 3 unspecified atom stereocenters. The lowest BCUT2D eigenvalue weighted by Crippen LogP contribution is -2.46. The van der Waals surface area contributed by atoms with E-state index in [2.05, 4.69) is 17.2 Å². The van der Waals surface area contributed by atoms with E-state index in [1.54, 1.807) is 12.2 Å². The van der Waals surface area contributed by atoms with E-state index in [4.69, 9.17) is 11.6 Å². The van der Waals surface area contributed by atoms with E-state index in [9.17, 15) is 14.0 Å². The van der Waals surface area contributed by atoms with Crippen molar-refractivity contribution >= 4 is 23.8 Å². The molecule has 0 spiro atoms. The molecular formula is C23H32ClFN2O2. The summed E-state index contributed by atoms with van der Waals surface area (Å²) in [7, 11) is 1.87. The van der Waals surface area contributed by atoms with Gasteiger partial charge >= 0.3 is 0 Å². The van der Waals surface area contributed by atoms with Crippen molar-refractivity contribution in [3.8, 4) is 0 Å². The van der Waals surface area contributed by atoms with Gasteiger partial charge in [-0.2, -0.15) is 0 Å². The number of alkyl halides is 1. The van der Waals surface area contributed by atoms with Crippen LogP contribution in [0, 0.1) is 11.8 Å². The SMILES string of the molecule is C=CC(CC1CC1)NC(=O)C(CC1CC1)NC.O=C/C=C/C1=CC=C(Cl)CC1F. The smallest absolute Gasteiger partial charge is 0.237 e. The lowest BCUT2D eigenvalue weighted by molar-refractivity contribution is -0.123. The zero-order chi connectivity index (χ0) is 21.2. The van der Waals surface area contributed by atoms with Crippen LogP contribution in [0.4, 0.5) is 4.39 Å². The van der Waals surface area contributed by atoms with Crippen molar-refractivity contribution in [3.63, 3.8) is 0 Å². The number of aldehydes is 1. The number of carbonyl (C=O) groups excluding carboxylic acids is 2. The molecule has 0 bridgehead atoms. The molecule has 29 heavy (non-hydrogen) atoms. The molecule has 2 fully saturated rings. The van der Waals surface area contributed by atoms with Crippen molar-refractivity contribution in [1.29, 1.82) is 0 Å². The summed E-state index contributed by atoms with van der Waals surface area (Å²) < 4.78 is 13.1. The lowest BCUT2D eigenvalue weighted by Gasteiger charge is -2.20. The summed E-state index contributed by atoms with van der Waals surface area (Å²) in [5, 5.41) is 6.73. The Bertz CT molecular complexity index is 666. The van der Waals surface area contributed by atoms with Gasteiger partial charge in [0.05, 0.1) is 6.04 Å². The van der Waals surface area contributed by atoms with Crippen molar-refractivity contribution in [2.75, 3.05) is 7.05 Å². The second kappa shape index (κ2) is 12.1. The van der Waals surface area contributed by atoms with Gasteiger partial charge in [0, 0.05) is 17.5 Å². The van der Waals surface area contributed by atoms with Crippen molar-refractivity contribution in [3.05, 3.63) is 47.6 Å². The molecule has 2 N–H and O–H groups in total. The molecule has 1 amide bonds. The predicted molar refractivity (Wildman–Crippen MR) is 116 cm³/mol. The molecule has 2 saturated carbocycles. The minimum Gasteiger partial charge on any atom is -0.349 e. The Morgan fingerprint density at radius 1 is 1.28 bits per heavy atom. The van der Waals surface area contributed by atoms with Crippen LogP contribution >= 0.6 is 11.6 Å². The van der Waals surface area contributed by atoms with Crippen molar-refractivity contribution in [1.82, 2.24) is 10.6 Å². The Labute approximate surface area is 178 Å². The molecule has 3 aliphatic rings. The average molecular weight is 423 g/mol. The zero-order valence-corrected chi connectivity index (χ0v) is 17.8. The van der Waals surface area contributed by atoms with E-state index in [1.807, 2.05) is 13.1 Å². The van der Waals surface area contributed by atoms with Crippen LogP contribution in [0.25, 0.3) is 0 Å². The highest BCUT2D eigenvalue weighted by atomic mass is 35.5. The normalized spacial score (nSPS) is 23.2. The van der Waals surface area contributed by atoms with E-state index < -0.39 is 6.17 Å². The van der Waals surface area contributed by atoms with Gasteiger partial charge in [-0.05, 0) is 49.5 Å². The van der Waals surface area contributed by atoms with Crippen LogP contribution in [0.2, 0.25) is 0 Å². The van der Waals surface area contributed by atoms with Gasteiger partial charge in [-0.1, -0.05) is 55.5 Å². The van der Waals surface area contributed by atoms with Gasteiger partial charge in [0.2, 0.25) is 5.91 Å². The highest BCUT2D eigenvalue weighted by Crippen LogP contribution is 2.34. The fourth-order valence-corrected chi connectivity index (χ4v) is 3.41. The van der Waals surface area contributed by atoms with Gasteiger partial charge in [-0.3, -0.25) is 9.59 Å². The number of nitrogens with one attached hydrogen (secondary N) is 2. The first-order chi connectivity index (χ1) is 14.0. The molecule has 0 radical (unpaired) electrons. The fraction of sp³-hybridized carbons (Fsp3) is 0.565. The van der Waals surface area contributed by atoms with E-state index in [0.29, 0.717) is 16.9 Å². The summed E-state index contributed by atoms with van der Waals surface area (Å²) in [6, 6.07) is 0.134. The summed E-state index contributed by atoms with van der Waals surface area (Å²) >= 11 is 5.59. The standard InChI is InChI=1S/C14H24N2O.C9H8ClFO/c1-3-12(8-10-4-5-10)16-14(17)13(15-2)9-11-6-7-11;10-8-4-3-7(2-1-5-12)9(11)6-8/h3,10-13,15H,1,4-9H2,2H3,(H,16,17);1-5,9H,6H2/b;2-1+. The summed E-state index contributed by atoms with van der Waals surface area (Å²) in [6.07, 6.45) is 14.8. The van der Waals surface area contributed by atoms with Crippen LogP contribution in [0.3, 0.4) is 0 Å². The molecule has 0 aromatic rings. The zero-order valence-electron chi connectivity index (χ0n) is 17.1. The first-order valence-electron chi connectivity index (χ1n) is 10.4. The number of hydrogen-bond acceptors (Lipinski definition) is 3. The summed E-state index contributed by atoms with van der Waals surface area (Å²) in [6.45, 7) is 3.82. The molecule has 0 aromatic heterocycles. The van der Waals surface area contributed by atoms with Gasteiger partial charge in [-0.15, -0.1) is 6.58 Å². The molecular weight excluding hydrogens is 391 g/mol. The highest BCUT2D eigenvalue weighted by molar-refractivity contribution is 6.29. The molecule has 0 aliphatic heterocycles. The molecule has 3 atom stereocenters. The Morgan fingerprint density at radius 2 is 1.93 bits per heavy atom. The number of hydrogen-bond donors (Lipinski definition) is 2. The van der Waals surface area contributed by atoms with Crippen LogP contribution in [0.5, 0.6) is 0 Å². The Balaban J connectivity index is 0.000000221. The number of carbonyl (C=O) groups is 2. The number of rotatable bonds is 10. The lowest BCUT2D eigenvalue weighted by atomic mass is 10.0. The van der Waals surface area contributed by atoms with Crippen molar-refractivity contribution < 1.29 is 14.0 Å². The Hall–Kier alpha value is -1.72. The monoisotopic (exact) mass is 422 g/mol. The van der Waals surface area contributed by atoms with Crippen LogP contribution < -0.4 is 10.6 Å². The molecule has 160 valence electrons. The average Bonchev–Trinajstić information content (AvgIpc) is 3.61. The summed E-state index contributed by atoms with van der Waals surface area (Å²) in [4.78, 5) is 22.0. The van der Waals surface area contributed by atoms with Gasteiger partial charge < -0.3 is 10.6 Å². The number of likely N-dealkylation sites (N-methyl/N-ethyl adjacent to an activating group) is 1. The third-order valence-electron chi connectivity index (χ3n) is 5.39. The van der Waals surface area contributed by atoms with Crippen LogP contribution in [-0.2, 0) is 9.59 Å². The molecule has 3 aliphatic carbocycles. The maximum absolute atomic E-state index is 13.1. The maximum Gasteiger partial charge on any atom is 0.237 e. The molecule has 4 nitrogen and oxygen atoms in total. The first kappa shape index (κ1) is 23.6. The third kappa shape index (κ3) is 9.09. The number of allylic oxidation sites excluding steroid dienone is 6. The van der Waals surface area contributed by atoms with Gasteiger partial charge in [0.15, 0.2) is 0 Å². The molecule has 0 saturated heterocycles. The van der Waals surface area contributed by atoms with Gasteiger partial charge in [-0.25, -0.2) is 4.39 Å². The van der Waals surface area contributed by atoms with E-state index >= 15 is 0 Å². The van der Waals surface area contributed by atoms with Crippen molar-refractivity contribution in [2.24, 2.45) is 11.8 Å². The maximum atomic E-state index is 13.1. The molecule has 0 aromatic carbocycles. The van der Waals surface area contributed by atoms with E-state index in [1.165, 1.54) is 37.8 Å². The Kier molecular flexibility index (Phi) is 9.82. The van der Waals surface area contributed by atoms with E-state index in [0.717, 1.165) is 24.7 Å². The topological polar surface area (TPSA) is 58.2 Å². The van der Waals surface area contributed by atoms with E-state index in [-0.39, 0.29) is 24.4 Å². The summed E-state index contributed by atoms with van der Waals surface area (Å²) in [5.74, 6) is 1.73. The predicted octanol–water partition coefficient (Wildman–Crippen LogP) is 4.38. The van der Waals surface area contributed by atoms with Crippen LogP contribution in [0.1, 0.15) is 44.9 Å². The first-order valence-corrected chi connectivity index (χ1v) is 10.8. The Morgan fingerprint density at radius 3 is 2.45 bits per heavy atom. The molecule has 0 heterocycles. The van der Waals surface area contributed by atoms with Crippen molar-refractivity contribution in [2.45, 2.75) is 63.2 Å². The number of amides is 1. The third-order valence-corrected chi connectivity index (χ3v) is 5.67. The van der Waals surface area contributed by atoms with Gasteiger partial charge in [0.1, 0.15) is 12.5 Å². The minimum absolute atomic E-state index is 0.0239. The second-order valence-corrected chi connectivity index (χ2v) is 8.48. The highest BCUT2D eigenvalue weighted by Gasteiger charge is 2.30. The molecule has 3 rings (SSSR count). The fourth-order valence-electron chi connectivity index (χ4n) is 3.21. The second-order valence-electron chi connectivity index (χ2n) is 8.00. The minimum atomic E-state index is -1.08. The molecule has 6 heteroatoms. The van der Waals surface area contributed by atoms with Gasteiger partial charge in [0.25, 0.3) is 0 Å².